The Labute approximate surface area is 175 Å². The lowest BCUT2D eigenvalue weighted by atomic mass is 9.92. The fourth-order valence-corrected chi connectivity index (χ4v) is 4.15. The molecule has 2 aliphatic heterocycles. The number of fused-ring (bicyclic) bond motifs is 1. The molecule has 2 fully saturated rings. The van der Waals surface area contributed by atoms with Crippen molar-refractivity contribution >= 4 is 23.7 Å². The van der Waals surface area contributed by atoms with E-state index in [0.717, 1.165) is 43.6 Å². The molecular formula is C21H29N5O4. The first-order valence-electron chi connectivity index (χ1n) is 10.5. The molecule has 9 nitrogen and oxygen atoms in total. The molecule has 2 aromatic heterocycles. The molecule has 162 valence electrons. The molecule has 0 aliphatic carbocycles. The summed E-state index contributed by atoms with van der Waals surface area (Å²) in [5.74, 6) is 0.103. The average Bonchev–Trinajstić information content (AvgIpc) is 3.12. The molecule has 30 heavy (non-hydrogen) atoms. The Hall–Kier alpha value is -2.68. The van der Waals surface area contributed by atoms with Gasteiger partial charge in [-0.25, -0.2) is 14.3 Å². The third-order valence-corrected chi connectivity index (χ3v) is 5.56. The fourth-order valence-electron chi connectivity index (χ4n) is 4.15. The zero-order chi connectivity index (χ0) is 21.3. The van der Waals surface area contributed by atoms with Gasteiger partial charge in [0, 0.05) is 32.1 Å². The van der Waals surface area contributed by atoms with Gasteiger partial charge in [0.15, 0.2) is 11.9 Å². The van der Waals surface area contributed by atoms with Gasteiger partial charge in [-0.15, -0.1) is 0 Å². The Bertz CT molecular complexity index is 921. The minimum absolute atomic E-state index is 0.103. The summed E-state index contributed by atoms with van der Waals surface area (Å²) in [5, 5.41) is 4.52. The lowest BCUT2D eigenvalue weighted by Crippen LogP contribution is -2.41. The highest BCUT2D eigenvalue weighted by Crippen LogP contribution is 2.33. The summed E-state index contributed by atoms with van der Waals surface area (Å²) in [6, 6.07) is 1.94. The Kier molecular flexibility index (Phi) is 5.64. The van der Waals surface area contributed by atoms with Gasteiger partial charge in [-0.2, -0.15) is 5.10 Å². The van der Waals surface area contributed by atoms with Crippen molar-refractivity contribution in [2.75, 3.05) is 44.3 Å². The van der Waals surface area contributed by atoms with Crippen LogP contribution in [0.4, 0.5) is 10.5 Å². The minimum atomic E-state index is -0.514. The van der Waals surface area contributed by atoms with Crippen molar-refractivity contribution in [1.29, 1.82) is 0 Å². The third kappa shape index (κ3) is 4.12. The van der Waals surface area contributed by atoms with Gasteiger partial charge in [0.25, 0.3) is 0 Å². The zero-order valence-electron chi connectivity index (χ0n) is 17.8. The van der Waals surface area contributed by atoms with Crippen molar-refractivity contribution in [2.45, 2.75) is 45.1 Å². The number of rotatable bonds is 3. The predicted octanol–water partition coefficient (Wildman–Crippen LogP) is 2.49. The van der Waals surface area contributed by atoms with E-state index in [-0.39, 0.29) is 12.0 Å². The standard InChI is InChI=1S/C21H29N5O4/c1-21(2,3)30-20(28)25-8-5-15(6-9-25)18-16(14-27)23-19-17(4-7-22-26(18)19)24-10-12-29-13-11-24/h4,7,14-15H,5-6,8-13H2,1-3H3. The van der Waals surface area contributed by atoms with Crippen molar-refractivity contribution in [2.24, 2.45) is 0 Å². The summed E-state index contributed by atoms with van der Waals surface area (Å²) < 4.78 is 12.7. The van der Waals surface area contributed by atoms with Crippen LogP contribution in [0.5, 0.6) is 0 Å². The van der Waals surface area contributed by atoms with E-state index in [4.69, 9.17) is 9.47 Å². The molecule has 0 spiro atoms. The van der Waals surface area contributed by atoms with Crippen LogP contribution < -0.4 is 4.90 Å². The Morgan fingerprint density at radius 1 is 1.20 bits per heavy atom. The molecule has 0 radical (unpaired) electrons. The molecule has 9 heteroatoms. The number of imidazole rings is 1. The number of piperidine rings is 1. The number of ether oxygens (including phenoxy) is 2. The van der Waals surface area contributed by atoms with Crippen LogP contribution in [0, 0.1) is 0 Å². The second-order valence-corrected chi connectivity index (χ2v) is 8.79. The van der Waals surface area contributed by atoms with Crippen LogP contribution in [-0.4, -0.2) is 76.9 Å². The van der Waals surface area contributed by atoms with Gasteiger partial charge in [-0.1, -0.05) is 0 Å². The summed E-state index contributed by atoms with van der Waals surface area (Å²) in [5.41, 5.74) is 2.41. The molecule has 4 rings (SSSR count). The molecule has 0 aromatic carbocycles. The van der Waals surface area contributed by atoms with E-state index in [0.29, 0.717) is 37.6 Å². The number of amides is 1. The molecule has 4 heterocycles. The number of carbonyl (C=O) groups is 2. The third-order valence-electron chi connectivity index (χ3n) is 5.56. The first kappa shape index (κ1) is 20.6. The maximum absolute atomic E-state index is 12.4. The molecule has 0 bridgehead atoms. The maximum atomic E-state index is 12.4. The van der Waals surface area contributed by atoms with Crippen molar-refractivity contribution in [3.05, 3.63) is 23.7 Å². The lowest BCUT2D eigenvalue weighted by Gasteiger charge is -2.33. The van der Waals surface area contributed by atoms with Crippen molar-refractivity contribution in [3.8, 4) is 0 Å². The highest BCUT2D eigenvalue weighted by Gasteiger charge is 2.31. The van der Waals surface area contributed by atoms with Gasteiger partial charge >= 0.3 is 6.09 Å². The van der Waals surface area contributed by atoms with Crippen molar-refractivity contribution < 1.29 is 19.1 Å². The molecule has 0 saturated carbocycles. The normalized spacial score (nSPS) is 18.6. The molecule has 0 atom stereocenters. The van der Waals surface area contributed by atoms with Crippen LogP contribution in [0.15, 0.2) is 12.3 Å². The number of hydrogen-bond acceptors (Lipinski definition) is 7. The topological polar surface area (TPSA) is 89.3 Å². The van der Waals surface area contributed by atoms with Crippen molar-refractivity contribution in [1.82, 2.24) is 19.5 Å². The second-order valence-electron chi connectivity index (χ2n) is 8.79. The fraction of sp³-hybridized carbons (Fsp3) is 0.619. The molecule has 0 N–H and O–H groups in total. The number of morpholine rings is 1. The van der Waals surface area contributed by atoms with E-state index in [2.05, 4.69) is 15.0 Å². The van der Waals surface area contributed by atoms with E-state index >= 15 is 0 Å². The van der Waals surface area contributed by atoms with Gasteiger partial charge in [0.1, 0.15) is 11.3 Å². The van der Waals surface area contributed by atoms with Gasteiger partial charge in [-0.05, 0) is 39.7 Å². The van der Waals surface area contributed by atoms with E-state index in [1.165, 1.54) is 0 Å². The predicted molar refractivity (Wildman–Crippen MR) is 111 cm³/mol. The van der Waals surface area contributed by atoms with Crippen LogP contribution in [0.25, 0.3) is 5.65 Å². The minimum Gasteiger partial charge on any atom is -0.444 e. The highest BCUT2D eigenvalue weighted by molar-refractivity contribution is 5.80. The number of aromatic nitrogens is 3. The number of aldehydes is 1. The van der Waals surface area contributed by atoms with Crippen LogP contribution >= 0.6 is 0 Å². The van der Waals surface area contributed by atoms with E-state index in [9.17, 15) is 9.59 Å². The molecular weight excluding hydrogens is 386 g/mol. The monoisotopic (exact) mass is 415 g/mol. The first-order valence-corrected chi connectivity index (χ1v) is 10.5. The summed E-state index contributed by atoms with van der Waals surface area (Å²) in [4.78, 5) is 32.8. The van der Waals surface area contributed by atoms with Crippen LogP contribution in [-0.2, 0) is 9.47 Å². The molecule has 2 aliphatic rings. The number of likely N-dealkylation sites (tertiary alicyclic amines) is 1. The Morgan fingerprint density at radius 2 is 1.90 bits per heavy atom. The van der Waals surface area contributed by atoms with Gasteiger partial charge < -0.3 is 19.3 Å². The SMILES string of the molecule is CC(C)(C)OC(=O)N1CCC(c2c(C=O)nc3c(N4CCOCC4)ccnn23)CC1. The average molecular weight is 415 g/mol. The number of anilines is 1. The molecule has 0 unspecified atom stereocenters. The maximum Gasteiger partial charge on any atom is 0.410 e. The summed E-state index contributed by atoms with van der Waals surface area (Å²) in [6.45, 7) is 9.66. The number of hydrogen-bond donors (Lipinski definition) is 0. The number of nitrogens with zero attached hydrogens (tertiary/aromatic N) is 5. The van der Waals surface area contributed by atoms with Crippen LogP contribution in [0.2, 0.25) is 0 Å². The van der Waals surface area contributed by atoms with Crippen LogP contribution in [0.3, 0.4) is 0 Å². The largest absolute Gasteiger partial charge is 0.444 e. The van der Waals surface area contributed by atoms with Crippen LogP contribution in [0.1, 0.15) is 55.7 Å². The number of carbonyl (C=O) groups excluding carboxylic acids is 2. The van der Waals surface area contributed by atoms with E-state index < -0.39 is 5.60 Å². The quantitative estimate of drug-likeness (QED) is 0.712. The summed E-state index contributed by atoms with van der Waals surface area (Å²) in [7, 11) is 0. The summed E-state index contributed by atoms with van der Waals surface area (Å²) in [6.07, 6.45) is 3.75. The lowest BCUT2D eigenvalue weighted by molar-refractivity contribution is 0.0203. The smallest absolute Gasteiger partial charge is 0.410 e. The second kappa shape index (κ2) is 8.22. The van der Waals surface area contributed by atoms with E-state index in [1.807, 2.05) is 31.4 Å². The van der Waals surface area contributed by atoms with Gasteiger partial charge in [-0.3, -0.25) is 4.79 Å². The molecule has 2 aromatic rings. The highest BCUT2D eigenvalue weighted by atomic mass is 16.6. The van der Waals surface area contributed by atoms with Gasteiger partial charge in [0.2, 0.25) is 0 Å². The van der Waals surface area contributed by atoms with Crippen molar-refractivity contribution in [3.63, 3.8) is 0 Å². The summed E-state index contributed by atoms with van der Waals surface area (Å²) >= 11 is 0. The molecule has 1 amide bonds. The molecule has 2 saturated heterocycles. The van der Waals surface area contributed by atoms with Gasteiger partial charge in [0.05, 0.1) is 30.8 Å². The van der Waals surface area contributed by atoms with E-state index in [1.54, 1.807) is 11.1 Å². The Morgan fingerprint density at radius 3 is 2.53 bits per heavy atom. The Balaban J connectivity index is 1.57. The zero-order valence-corrected chi connectivity index (χ0v) is 17.8. The first-order chi connectivity index (χ1) is 14.4.